The van der Waals surface area contributed by atoms with E-state index in [1.54, 1.807) is 7.11 Å². The first-order valence-electron chi connectivity index (χ1n) is 7.22. The summed E-state index contributed by atoms with van der Waals surface area (Å²) >= 11 is 0. The number of benzene rings is 1. The van der Waals surface area contributed by atoms with Crippen LogP contribution >= 0.6 is 0 Å². The van der Waals surface area contributed by atoms with Gasteiger partial charge in [-0.05, 0) is 34.6 Å². The molecule has 1 fully saturated rings. The van der Waals surface area contributed by atoms with Crippen molar-refractivity contribution in [2.45, 2.75) is 45.5 Å². The minimum absolute atomic E-state index is 0. The van der Waals surface area contributed by atoms with Gasteiger partial charge in [0.15, 0.2) is 0 Å². The smallest absolute Gasteiger partial charge is 0.425 e. The molecule has 8 heteroatoms. The van der Waals surface area contributed by atoms with Crippen molar-refractivity contribution in [3.8, 4) is 0 Å². The molecule has 0 spiro atoms. The summed E-state index contributed by atoms with van der Waals surface area (Å²) in [6, 6.07) is 8.97. The van der Waals surface area contributed by atoms with Crippen LogP contribution in [0.2, 0.25) is 0 Å². The molecule has 0 atom stereocenters. The first-order valence-corrected chi connectivity index (χ1v) is 7.22. The zero-order valence-corrected chi connectivity index (χ0v) is 18.9. The SMILES string of the molecule is COCOCc1[c-]ccc(B2OC(C)(C)C(C)(C)O2)c1.F[CH-]F.[U+2]. The molecule has 0 unspecified atom stereocenters. The number of ether oxygens (including phenoxy) is 2. The molecule has 1 heterocycles. The predicted octanol–water partition coefficient (Wildman–Crippen LogP) is 2.95. The topological polar surface area (TPSA) is 36.9 Å². The van der Waals surface area contributed by atoms with E-state index in [1.165, 1.54) is 0 Å². The summed E-state index contributed by atoms with van der Waals surface area (Å²) in [6.07, 6.45) is 0. The monoisotopic (exact) mass is 566 g/mol. The minimum Gasteiger partial charge on any atom is -0.425 e. The molecule has 1 aliphatic heterocycles. The normalized spacial score (nSPS) is 17.7. The molecule has 132 valence electrons. The van der Waals surface area contributed by atoms with Crippen LogP contribution in [0.5, 0.6) is 0 Å². The summed E-state index contributed by atoms with van der Waals surface area (Å²) in [5.74, 6) is 0. The molecule has 1 aromatic carbocycles. The van der Waals surface area contributed by atoms with Crippen LogP contribution in [0.4, 0.5) is 8.78 Å². The number of methoxy groups -OCH3 is 1. The molecule has 2 rings (SSSR count). The van der Waals surface area contributed by atoms with Gasteiger partial charge >= 0.3 is 38.2 Å². The van der Waals surface area contributed by atoms with Crippen LogP contribution < -0.4 is 5.46 Å². The number of hydrogen-bond donors (Lipinski definition) is 0. The summed E-state index contributed by atoms with van der Waals surface area (Å²) in [5.41, 5.74) is 1.28. The Labute approximate surface area is 167 Å². The van der Waals surface area contributed by atoms with E-state index in [4.69, 9.17) is 18.8 Å². The Morgan fingerprint density at radius 3 is 2.25 bits per heavy atom. The van der Waals surface area contributed by atoms with Gasteiger partial charge in [-0.2, -0.15) is 24.3 Å². The van der Waals surface area contributed by atoms with E-state index < -0.39 is 6.93 Å². The van der Waals surface area contributed by atoms with Crippen molar-refractivity contribution in [1.82, 2.24) is 0 Å². The number of rotatable bonds is 5. The maximum Gasteiger partial charge on any atom is 2.00 e. The van der Waals surface area contributed by atoms with Gasteiger partial charge in [0.1, 0.15) is 6.79 Å². The molecule has 4 nitrogen and oxygen atoms in total. The van der Waals surface area contributed by atoms with E-state index in [2.05, 4.69) is 6.07 Å². The van der Waals surface area contributed by atoms with Crippen molar-refractivity contribution < 1.29 is 58.7 Å². The Balaban J connectivity index is 0.00000123. The molecule has 0 saturated carbocycles. The van der Waals surface area contributed by atoms with E-state index in [1.807, 2.05) is 45.9 Å². The van der Waals surface area contributed by atoms with Gasteiger partial charge < -0.3 is 27.6 Å². The first kappa shape index (κ1) is 24.0. The molecule has 0 bridgehead atoms. The van der Waals surface area contributed by atoms with Crippen molar-refractivity contribution in [1.29, 1.82) is 0 Å². The van der Waals surface area contributed by atoms with Gasteiger partial charge in [0.05, 0.1) is 17.8 Å². The fourth-order valence-corrected chi connectivity index (χ4v) is 1.98. The third kappa shape index (κ3) is 6.74. The fraction of sp³-hybridized carbons (Fsp3) is 0.562. The van der Waals surface area contributed by atoms with Crippen LogP contribution in [0.15, 0.2) is 18.2 Å². The summed E-state index contributed by atoms with van der Waals surface area (Å²) in [4.78, 5) is 0. The van der Waals surface area contributed by atoms with E-state index >= 15 is 0 Å². The number of hydrogen-bond acceptors (Lipinski definition) is 4. The van der Waals surface area contributed by atoms with Gasteiger partial charge in [0.25, 0.3) is 0 Å². The zero-order chi connectivity index (χ0) is 17.5. The van der Waals surface area contributed by atoms with Crippen molar-refractivity contribution in [2.24, 2.45) is 0 Å². The van der Waals surface area contributed by atoms with Crippen molar-refractivity contribution in [2.75, 3.05) is 13.9 Å². The average molecular weight is 566 g/mol. The average Bonchev–Trinajstić information content (AvgIpc) is 2.69. The third-order valence-electron chi connectivity index (χ3n) is 3.87. The van der Waals surface area contributed by atoms with Gasteiger partial charge in [0, 0.05) is 7.11 Å². The van der Waals surface area contributed by atoms with E-state index in [9.17, 15) is 8.78 Å². The van der Waals surface area contributed by atoms with Crippen molar-refractivity contribution in [3.05, 3.63) is 36.8 Å². The molecule has 24 heavy (non-hydrogen) atoms. The minimum atomic E-state index is -1.00. The van der Waals surface area contributed by atoms with E-state index in [0.29, 0.717) is 6.61 Å². The van der Waals surface area contributed by atoms with Crippen LogP contribution in [0, 0.1) is 44.1 Å². The van der Waals surface area contributed by atoms with Gasteiger partial charge in [-0.1, -0.05) is 0 Å². The molecular formula is C16H23BF2O4U. The Bertz CT molecular complexity index is 473. The second-order valence-electron chi connectivity index (χ2n) is 6.07. The van der Waals surface area contributed by atoms with E-state index in [-0.39, 0.29) is 56.2 Å². The number of halogens is 2. The standard InChI is InChI=1S/C15H22BO4.CHF2.U/c1-14(2)15(3,4)20-16(19-14)13-8-6-7-12(9-13)10-18-11-17-5;2-1-3;/h6,8-9H,10-11H2,1-5H3;1H;/q2*-1;+2. The zero-order valence-electron chi connectivity index (χ0n) is 14.7. The van der Waals surface area contributed by atoms with Crippen molar-refractivity contribution in [3.63, 3.8) is 0 Å². The Morgan fingerprint density at radius 2 is 1.75 bits per heavy atom. The van der Waals surface area contributed by atoms with Crippen LogP contribution in [0.25, 0.3) is 0 Å². The van der Waals surface area contributed by atoms with Crippen molar-refractivity contribution >= 4 is 12.6 Å². The molecule has 1 aliphatic rings. The van der Waals surface area contributed by atoms with Gasteiger partial charge in [-0.15, -0.1) is 11.0 Å². The van der Waals surface area contributed by atoms with Gasteiger partial charge in [0.2, 0.25) is 0 Å². The Hall–Kier alpha value is 0.0369. The second-order valence-corrected chi connectivity index (χ2v) is 6.07. The van der Waals surface area contributed by atoms with E-state index in [0.717, 1.165) is 11.0 Å². The quantitative estimate of drug-likeness (QED) is 0.238. The molecule has 1 saturated heterocycles. The molecule has 0 aromatic heterocycles. The summed E-state index contributed by atoms with van der Waals surface area (Å²) in [6.45, 7) is 7.92. The maximum atomic E-state index is 9.50. The first-order chi connectivity index (χ1) is 10.8. The Morgan fingerprint density at radius 1 is 1.21 bits per heavy atom. The third-order valence-corrected chi connectivity index (χ3v) is 3.87. The van der Waals surface area contributed by atoms with Crippen LogP contribution in [0.1, 0.15) is 33.3 Å². The molecule has 0 amide bonds. The van der Waals surface area contributed by atoms with Gasteiger partial charge in [-0.25, -0.2) is 0 Å². The molecule has 0 aliphatic carbocycles. The van der Waals surface area contributed by atoms with Crippen LogP contribution in [0.3, 0.4) is 0 Å². The molecule has 0 radical (unpaired) electrons. The van der Waals surface area contributed by atoms with Crippen LogP contribution in [-0.2, 0) is 25.4 Å². The van der Waals surface area contributed by atoms with Gasteiger partial charge in [-0.3, -0.25) is 0 Å². The maximum absolute atomic E-state index is 9.50. The predicted molar refractivity (Wildman–Crippen MR) is 84.2 cm³/mol. The second kappa shape index (κ2) is 10.9. The largest absolute Gasteiger partial charge is 2.00 e. The molecular weight excluding hydrogens is 543 g/mol. The van der Waals surface area contributed by atoms with Crippen LogP contribution in [-0.4, -0.2) is 32.2 Å². The summed E-state index contributed by atoms with van der Waals surface area (Å²) < 4.78 is 41.3. The molecule has 1 aromatic rings. The summed E-state index contributed by atoms with van der Waals surface area (Å²) in [7, 11) is 1.25. The summed E-state index contributed by atoms with van der Waals surface area (Å²) in [5, 5.41) is 0. The fourth-order valence-electron chi connectivity index (χ4n) is 1.98. The Kier molecular flexibility index (Phi) is 10.9. The molecule has 0 N–H and O–H groups in total.